The zero-order valence-corrected chi connectivity index (χ0v) is 80.0. The zero-order chi connectivity index (χ0) is 97.2. The molecule has 12 saturated carbocycles. The normalized spacial score (nSPS) is 46.4. The smallest absolute Gasteiger partial charge is 0.220 e. The third-order valence-corrected chi connectivity index (χ3v) is 35.1. The van der Waals surface area contributed by atoms with Crippen LogP contribution < -0.4 is 16.0 Å². The molecule has 0 aromatic rings. The molecular formula is C97H167N3O35. The van der Waals surface area contributed by atoms with Gasteiger partial charge in [0, 0.05) is 43.6 Å². The van der Waals surface area contributed by atoms with Crippen LogP contribution in [-0.4, -0.2) is 377 Å². The van der Waals surface area contributed by atoms with Gasteiger partial charge in [0.05, 0.1) is 121 Å². The van der Waals surface area contributed by atoms with Gasteiger partial charge in [0.15, 0.2) is 37.7 Å². The summed E-state index contributed by atoms with van der Waals surface area (Å²) < 4.78 is 68.4. The molecule has 780 valence electrons. The maximum Gasteiger partial charge on any atom is 0.220 e. The Kier molecular flexibility index (Phi) is 40.0. The molecule has 18 fully saturated rings. The predicted octanol–water partition coefficient (Wildman–Crippen LogP) is -0.374. The van der Waals surface area contributed by atoms with Crippen LogP contribution >= 0.6 is 0 Å². The van der Waals surface area contributed by atoms with Crippen LogP contribution in [0.15, 0.2) is 0 Å². The molecule has 6 heterocycles. The van der Waals surface area contributed by atoms with Crippen molar-refractivity contribution in [3.8, 4) is 0 Å². The van der Waals surface area contributed by atoms with E-state index >= 15 is 0 Å². The molecule has 38 heteroatoms. The number of hydrogen-bond acceptors (Lipinski definition) is 35. The molecule has 18 rings (SSSR count). The lowest BCUT2D eigenvalue weighted by atomic mass is 9.43. The van der Waals surface area contributed by atoms with Crippen LogP contribution in [-0.2, 0) is 71.2 Å². The molecule has 38 nitrogen and oxygen atoms in total. The highest BCUT2D eigenvalue weighted by Gasteiger charge is 2.62. The van der Waals surface area contributed by atoms with E-state index in [4.69, 9.17) is 56.8 Å². The summed E-state index contributed by atoms with van der Waals surface area (Å²) >= 11 is 0. The summed E-state index contributed by atoms with van der Waals surface area (Å²) in [7, 11) is 0. The fourth-order valence-electron chi connectivity index (χ4n) is 27.8. The third-order valence-electron chi connectivity index (χ3n) is 35.1. The number of nitrogens with one attached hydrogen (secondary N) is 3. The van der Waals surface area contributed by atoms with Crippen molar-refractivity contribution >= 4 is 17.7 Å². The molecule has 32 atom stereocenters. The average molecular weight is 1940 g/mol. The van der Waals surface area contributed by atoms with Gasteiger partial charge < -0.3 is 175 Å². The molecule has 6 aliphatic heterocycles. The van der Waals surface area contributed by atoms with Crippen molar-refractivity contribution in [3.63, 3.8) is 0 Å². The summed E-state index contributed by atoms with van der Waals surface area (Å²) in [5.41, 5.74) is -0.0359. The van der Waals surface area contributed by atoms with Gasteiger partial charge >= 0.3 is 0 Å². The fraction of sp³-hybridized carbons (Fsp3) is 0.969. The first kappa shape index (κ1) is 109. The molecular weight excluding hydrogens is 1770 g/mol. The number of aliphatic hydroxyl groups excluding tert-OH is 20. The molecule has 0 aromatic heterocycles. The Morgan fingerprint density at radius 1 is 0.304 bits per heavy atom. The molecule has 18 aliphatic rings. The maximum atomic E-state index is 14.0. The van der Waals surface area contributed by atoms with E-state index in [1.165, 1.54) is 103 Å². The van der Waals surface area contributed by atoms with E-state index < -0.39 is 222 Å². The van der Waals surface area contributed by atoms with Gasteiger partial charge in [0.2, 0.25) is 17.7 Å². The maximum absolute atomic E-state index is 14.0. The monoisotopic (exact) mass is 1930 g/mol. The Morgan fingerprint density at radius 3 is 0.904 bits per heavy atom. The van der Waals surface area contributed by atoms with E-state index in [1.54, 1.807) is 20.8 Å². The first-order chi connectivity index (χ1) is 64.6. The minimum atomic E-state index is -1.62. The number of unbranched alkanes of at least 4 members (excludes halogenated alkanes) is 5. The van der Waals surface area contributed by atoms with Gasteiger partial charge in [-0.3, -0.25) is 14.4 Å². The van der Waals surface area contributed by atoms with Crippen molar-refractivity contribution in [3.05, 3.63) is 0 Å². The Hall–Kier alpha value is -2.87. The summed E-state index contributed by atoms with van der Waals surface area (Å²) in [6.45, 7) is 7.85. The molecule has 0 radical (unpaired) electrons. The van der Waals surface area contributed by atoms with E-state index in [-0.39, 0.29) is 86.8 Å². The van der Waals surface area contributed by atoms with E-state index in [1.807, 2.05) is 0 Å². The van der Waals surface area contributed by atoms with E-state index in [9.17, 15) is 117 Å². The summed E-state index contributed by atoms with van der Waals surface area (Å²) in [6.07, 6.45) is -3.93. The topological polar surface area (TPSA) is 603 Å². The molecule has 6 saturated heterocycles. The number of aliphatic hydroxyl groups is 20. The quantitative estimate of drug-likeness (QED) is 0.0346. The van der Waals surface area contributed by atoms with Gasteiger partial charge in [-0.25, -0.2) is 0 Å². The number of ether oxygens (including phenoxy) is 12. The summed E-state index contributed by atoms with van der Waals surface area (Å²) in [5, 5.41) is 213. The first-order valence-corrected chi connectivity index (χ1v) is 51.3. The zero-order valence-electron chi connectivity index (χ0n) is 80.0. The first-order valence-electron chi connectivity index (χ1n) is 51.3. The molecule has 14 unspecified atom stereocenters. The van der Waals surface area contributed by atoms with Gasteiger partial charge in [0.25, 0.3) is 0 Å². The van der Waals surface area contributed by atoms with Gasteiger partial charge in [-0.1, -0.05) is 92.9 Å². The molecule has 12 aliphatic carbocycles. The Labute approximate surface area is 793 Å². The Balaban J connectivity index is 0.000000172. The minimum Gasteiger partial charge on any atom is -0.394 e. The van der Waals surface area contributed by atoms with E-state index in [0.717, 1.165) is 99.7 Å². The van der Waals surface area contributed by atoms with Crippen LogP contribution in [0, 0.1) is 105 Å². The van der Waals surface area contributed by atoms with Crippen molar-refractivity contribution in [1.29, 1.82) is 0 Å². The van der Waals surface area contributed by atoms with Gasteiger partial charge in [-0.15, -0.1) is 0 Å². The summed E-state index contributed by atoms with van der Waals surface area (Å²) in [5.74, 6) is 6.18. The lowest BCUT2D eigenvalue weighted by molar-refractivity contribution is -0.355. The second-order valence-corrected chi connectivity index (χ2v) is 43.6. The number of carbonyl (C=O) groups is 3. The SMILES string of the molecule is CCCCC1(CC(=O)NC(CO[C@H]2OC(CO)[C@H](C)C(O)[C@H]2O)CO[C@H]2OC(CO)[C@H](O)C(O)[C@H]2O)C2CC3CC(C2)CC1C3.CCCCC1(CC(=O)NCCO[C@H]2OC(CO)[C@H](O[C@@H]3OC(CO)[C@H](C)C(O)[C@H]3O)C(O)[C@H]2O)C2CC3CC(C2)CC1C3.CCCCCCC1(CC(=O)NC(CO[C@H]2OC(CO)[C@H](C)C(O)[C@H]2O)CO[C@H]2OC(CO)[C@H](O)C(O)[C@H]2O)C2CC3CC(C2)CC1C3. The van der Waals surface area contributed by atoms with Gasteiger partial charge in [0.1, 0.15) is 91.6 Å². The number of rotatable bonds is 43. The van der Waals surface area contributed by atoms with E-state index in [0.29, 0.717) is 54.8 Å². The van der Waals surface area contributed by atoms with Crippen LogP contribution in [0.25, 0.3) is 0 Å². The lowest BCUT2D eigenvalue weighted by Crippen LogP contribution is -2.63. The van der Waals surface area contributed by atoms with Crippen LogP contribution in [0.2, 0.25) is 0 Å². The molecule has 12 bridgehead atoms. The largest absolute Gasteiger partial charge is 0.394 e. The predicted molar refractivity (Wildman–Crippen MR) is 478 cm³/mol. The summed E-state index contributed by atoms with van der Waals surface area (Å²) in [4.78, 5) is 41.1. The van der Waals surface area contributed by atoms with Crippen molar-refractivity contribution in [1.82, 2.24) is 16.0 Å². The number of carbonyl (C=O) groups excluding carboxylic acids is 3. The second-order valence-electron chi connectivity index (χ2n) is 43.6. The van der Waals surface area contributed by atoms with E-state index in [2.05, 4.69) is 36.7 Å². The molecule has 135 heavy (non-hydrogen) atoms. The van der Waals surface area contributed by atoms with Crippen molar-refractivity contribution in [2.45, 2.75) is 406 Å². The molecule has 0 aromatic carbocycles. The van der Waals surface area contributed by atoms with Crippen molar-refractivity contribution < 1.29 is 173 Å². The van der Waals surface area contributed by atoms with Crippen LogP contribution in [0.5, 0.6) is 0 Å². The van der Waals surface area contributed by atoms with Gasteiger partial charge in [-0.2, -0.15) is 0 Å². The van der Waals surface area contributed by atoms with Gasteiger partial charge in [-0.05, 0) is 203 Å². The number of amides is 3. The highest BCUT2D eigenvalue weighted by atomic mass is 16.8. The Bertz CT molecular complexity index is 3430. The van der Waals surface area contributed by atoms with Crippen molar-refractivity contribution in [2.75, 3.05) is 79.2 Å². The molecule has 0 spiro atoms. The standard InChI is InChI=1S/C34H59NO12.C32H55NO12.C31H53NO11/c1-3-4-5-6-7-34(21-9-19-8-20(11-21)12-22(34)10-19)13-26(38)35-23(16-44-32-30(42)27(39)18(2)24(14-36)46-32)17-45-33-31(43)29(41)28(40)25(15-37)47-33;1-3-4-5-32(19-7-17-6-18(9-19)10-20(32)8-17)11-24(36)33-21(14-42-30-28(40)25(37)16(2)22(12-34)44-30)15-43-31-29(41)27(39)26(38)23(13-35)45-31;1-3-4-5-31(19-9-17-8-18(11-19)12-20(31)10-17)13-23(35)32-6-7-40-29-27(39)25(37)28(22(15-34)42-29)43-30-26(38)24(36)16(2)21(14-33)41-30/h18-25,27-33,36-37,39-43H,3-17H2,1-2H3,(H,35,38);16-23,25-31,34-35,37-41H,3-15H2,1-2H3,(H,33,36);16-22,24-30,33-34,36-39H,3-15H2,1-2H3,(H,32,35)/t18-,19?,20?,21?,22?,23?,24?,25?,27?,28-,29?,30+,31+,32-,33-,34?;16-,17?,18?,19?,20?,21?,22?,23?,25?,26-,27?,28+,29+,30-,31-,32?;16-,17?,18?,19?,20?,21?,22?,24?,25?,26+,27+,28-,29-,30-,31?/m000/s1. The summed E-state index contributed by atoms with van der Waals surface area (Å²) in [6, 6.07) is -1.63. The molecule has 3 amide bonds. The number of hydrogen-bond donors (Lipinski definition) is 23. The van der Waals surface area contributed by atoms with Crippen LogP contribution in [0.4, 0.5) is 0 Å². The molecule has 23 N–H and O–H groups in total. The highest BCUT2D eigenvalue weighted by Crippen LogP contribution is 2.68. The highest BCUT2D eigenvalue weighted by molar-refractivity contribution is 5.78. The lowest BCUT2D eigenvalue weighted by Gasteiger charge is -2.61. The fourth-order valence-corrected chi connectivity index (χ4v) is 27.8. The van der Waals surface area contributed by atoms with Crippen molar-refractivity contribution in [2.24, 2.45) is 105 Å². The van der Waals surface area contributed by atoms with Crippen LogP contribution in [0.1, 0.15) is 228 Å². The second kappa shape index (κ2) is 49.3. The minimum absolute atomic E-state index is 0.0164. The Morgan fingerprint density at radius 2 is 0.578 bits per heavy atom. The van der Waals surface area contributed by atoms with Crippen LogP contribution in [0.3, 0.4) is 0 Å². The average Bonchev–Trinajstić information content (AvgIpc) is 0.731. The third kappa shape index (κ3) is 24.9.